The normalized spacial score (nSPS) is 14.7. The first-order valence-electron chi connectivity index (χ1n) is 6.22. The Bertz CT molecular complexity index is 385. The van der Waals surface area contributed by atoms with E-state index in [1.807, 2.05) is 36.4 Å². The van der Waals surface area contributed by atoms with E-state index in [9.17, 15) is 4.79 Å². The maximum Gasteiger partial charge on any atom is 0.309 e. The summed E-state index contributed by atoms with van der Waals surface area (Å²) < 4.78 is 5.20. The molecule has 0 radical (unpaired) electrons. The zero-order valence-corrected chi connectivity index (χ0v) is 10.0. The third-order valence-electron chi connectivity index (χ3n) is 3.05. The van der Waals surface area contributed by atoms with Gasteiger partial charge in [0, 0.05) is 0 Å². The molecule has 1 aliphatic carbocycles. The molecule has 1 fully saturated rings. The van der Waals surface area contributed by atoms with Crippen LogP contribution in [0, 0.1) is 0 Å². The molecule has 90 valence electrons. The fraction of sp³-hybridized carbons (Fsp3) is 0.400. The predicted molar refractivity (Wildman–Crippen MR) is 67.4 cm³/mol. The van der Waals surface area contributed by atoms with Crippen LogP contribution in [0.15, 0.2) is 42.0 Å². The summed E-state index contributed by atoms with van der Waals surface area (Å²) in [6.45, 7) is 0.378. The second-order valence-corrected chi connectivity index (χ2v) is 4.42. The van der Waals surface area contributed by atoms with Crippen molar-refractivity contribution in [2.45, 2.75) is 38.7 Å². The van der Waals surface area contributed by atoms with Crippen LogP contribution in [0.1, 0.15) is 37.7 Å². The molecular formula is C15H18O2. The van der Waals surface area contributed by atoms with E-state index in [0.29, 0.717) is 13.0 Å². The summed E-state index contributed by atoms with van der Waals surface area (Å²) in [5, 5.41) is 0. The van der Waals surface area contributed by atoms with E-state index in [-0.39, 0.29) is 5.97 Å². The fourth-order valence-corrected chi connectivity index (χ4v) is 2.06. The fourth-order valence-electron chi connectivity index (χ4n) is 2.06. The van der Waals surface area contributed by atoms with Gasteiger partial charge in [0.25, 0.3) is 0 Å². The van der Waals surface area contributed by atoms with Gasteiger partial charge in [-0.2, -0.15) is 0 Å². The van der Waals surface area contributed by atoms with Crippen LogP contribution in [0.5, 0.6) is 0 Å². The average Bonchev–Trinajstić information content (AvgIpc) is 2.88. The Hall–Kier alpha value is -1.57. The minimum Gasteiger partial charge on any atom is -0.461 e. The van der Waals surface area contributed by atoms with Crippen LogP contribution in [0.25, 0.3) is 0 Å². The number of ether oxygens (including phenoxy) is 1. The summed E-state index contributed by atoms with van der Waals surface area (Å²) in [6.07, 6.45) is 7.32. The lowest BCUT2D eigenvalue weighted by Gasteiger charge is -2.03. The largest absolute Gasteiger partial charge is 0.461 e. The SMILES string of the molecule is O=C(CC=C1CCCC1)OCc1ccccc1. The molecular weight excluding hydrogens is 212 g/mol. The van der Waals surface area contributed by atoms with E-state index in [1.54, 1.807) is 0 Å². The van der Waals surface area contributed by atoms with Gasteiger partial charge in [0.2, 0.25) is 0 Å². The molecule has 2 rings (SSSR count). The maximum absolute atomic E-state index is 11.5. The summed E-state index contributed by atoms with van der Waals surface area (Å²) in [5.74, 6) is -0.131. The number of carbonyl (C=O) groups excluding carboxylic acids is 1. The molecule has 0 aliphatic heterocycles. The van der Waals surface area contributed by atoms with Crippen LogP contribution in [0.3, 0.4) is 0 Å². The Balaban J connectivity index is 1.72. The highest BCUT2D eigenvalue weighted by molar-refractivity contribution is 5.71. The highest BCUT2D eigenvalue weighted by atomic mass is 16.5. The molecule has 1 aromatic rings. The highest BCUT2D eigenvalue weighted by Crippen LogP contribution is 2.23. The van der Waals surface area contributed by atoms with Gasteiger partial charge in [0.1, 0.15) is 6.61 Å². The predicted octanol–water partition coefficient (Wildman–Crippen LogP) is 3.62. The number of esters is 1. The van der Waals surface area contributed by atoms with Gasteiger partial charge in [-0.3, -0.25) is 4.79 Å². The lowest BCUT2D eigenvalue weighted by molar-refractivity contribution is -0.143. The Morgan fingerprint density at radius 1 is 1.18 bits per heavy atom. The van der Waals surface area contributed by atoms with E-state index in [0.717, 1.165) is 18.4 Å². The number of benzene rings is 1. The van der Waals surface area contributed by atoms with Crippen molar-refractivity contribution >= 4 is 5.97 Å². The lowest BCUT2D eigenvalue weighted by atomic mass is 10.2. The first-order valence-corrected chi connectivity index (χ1v) is 6.22. The lowest BCUT2D eigenvalue weighted by Crippen LogP contribution is -2.03. The monoisotopic (exact) mass is 230 g/mol. The molecule has 0 amide bonds. The molecule has 0 heterocycles. The summed E-state index contributed by atoms with van der Waals surface area (Å²) in [6, 6.07) is 9.77. The van der Waals surface area contributed by atoms with E-state index in [1.165, 1.54) is 18.4 Å². The number of allylic oxidation sites excluding steroid dienone is 1. The highest BCUT2D eigenvalue weighted by Gasteiger charge is 2.07. The number of hydrogen-bond acceptors (Lipinski definition) is 2. The van der Waals surface area contributed by atoms with Gasteiger partial charge >= 0.3 is 5.97 Å². The van der Waals surface area contributed by atoms with Gasteiger partial charge in [-0.25, -0.2) is 0 Å². The van der Waals surface area contributed by atoms with E-state index >= 15 is 0 Å². The van der Waals surface area contributed by atoms with Gasteiger partial charge < -0.3 is 4.74 Å². The van der Waals surface area contributed by atoms with Gasteiger partial charge in [0.05, 0.1) is 6.42 Å². The first kappa shape index (κ1) is 11.9. The van der Waals surface area contributed by atoms with E-state index in [2.05, 4.69) is 0 Å². The van der Waals surface area contributed by atoms with Gasteiger partial charge in [-0.1, -0.05) is 42.0 Å². The van der Waals surface area contributed by atoms with Crippen LogP contribution in [0.2, 0.25) is 0 Å². The Morgan fingerprint density at radius 2 is 1.88 bits per heavy atom. The molecule has 1 saturated carbocycles. The molecule has 1 aromatic carbocycles. The molecule has 0 aromatic heterocycles. The van der Waals surface area contributed by atoms with Crippen molar-refractivity contribution in [1.29, 1.82) is 0 Å². The van der Waals surface area contributed by atoms with Gasteiger partial charge in [0.15, 0.2) is 0 Å². The van der Waals surface area contributed by atoms with Crippen LogP contribution >= 0.6 is 0 Å². The van der Waals surface area contributed by atoms with Crippen LogP contribution in [0.4, 0.5) is 0 Å². The third kappa shape index (κ3) is 4.06. The van der Waals surface area contributed by atoms with Crippen molar-refractivity contribution in [3.05, 3.63) is 47.5 Å². The van der Waals surface area contributed by atoms with Crippen molar-refractivity contribution in [3.8, 4) is 0 Å². The van der Waals surface area contributed by atoms with Crippen molar-refractivity contribution < 1.29 is 9.53 Å². The van der Waals surface area contributed by atoms with Crippen molar-refractivity contribution in [2.24, 2.45) is 0 Å². The van der Waals surface area contributed by atoms with Crippen LogP contribution in [-0.2, 0) is 16.1 Å². The summed E-state index contributed by atoms with van der Waals surface area (Å²) in [7, 11) is 0. The van der Waals surface area contributed by atoms with Crippen molar-refractivity contribution in [3.63, 3.8) is 0 Å². The quantitative estimate of drug-likeness (QED) is 0.583. The molecule has 0 atom stereocenters. The standard InChI is InChI=1S/C15H18O2/c16-15(11-10-13-6-4-5-7-13)17-12-14-8-2-1-3-9-14/h1-3,8-10H,4-7,11-12H2. The Labute approximate surface area is 102 Å². The summed E-state index contributed by atoms with van der Waals surface area (Å²) in [5.41, 5.74) is 2.45. The van der Waals surface area contributed by atoms with Crippen molar-refractivity contribution in [2.75, 3.05) is 0 Å². The molecule has 2 nitrogen and oxygen atoms in total. The second-order valence-electron chi connectivity index (χ2n) is 4.42. The summed E-state index contributed by atoms with van der Waals surface area (Å²) >= 11 is 0. The zero-order valence-electron chi connectivity index (χ0n) is 10.0. The van der Waals surface area contributed by atoms with Crippen molar-refractivity contribution in [1.82, 2.24) is 0 Å². The van der Waals surface area contributed by atoms with Crippen LogP contribution in [-0.4, -0.2) is 5.97 Å². The second kappa shape index (κ2) is 6.24. The minimum atomic E-state index is -0.131. The molecule has 0 unspecified atom stereocenters. The smallest absolute Gasteiger partial charge is 0.309 e. The zero-order chi connectivity index (χ0) is 11.9. The van der Waals surface area contributed by atoms with E-state index < -0.39 is 0 Å². The molecule has 17 heavy (non-hydrogen) atoms. The van der Waals surface area contributed by atoms with Crippen LogP contribution < -0.4 is 0 Å². The number of carbonyl (C=O) groups is 1. The Kier molecular flexibility index (Phi) is 4.37. The van der Waals surface area contributed by atoms with Gasteiger partial charge in [-0.15, -0.1) is 0 Å². The van der Waals surface area contributed by atoms with E-state index in [4.69, 9.17) is 4.74 Å². The number of rotatable bonds is 4. The molecule has 2 heteroatoms. The topological polar surface area (TPSA) is 26.3 Å². The molecule has 1 aliphatic rings. The molecule has 0 bridgehead atoms. The summed E-state index contributed by atoms with van der Waals surface area (Å²) in [4.78, 5) is 11.5. The average molecular weight is 230 g/mol. The third-order valence-corrected chi connectivity index (χ3v) is 3.05. The number of hydrogen-bond donors (Lipinski definition) is 0. The first-order chi connectivity index (χ1) is 8.34. The van der Waals surface area contributed by atoms with Gasteiger partial charge in [-0.05, 0) is 31.2 Å². The molecule has 0 spiro atoms. The minimum absolute atomic E-state index is 0.131. The maximum atomic E-state index is 11.5. The Morgan fingerprint density at radius 3 is 2.59 bits per heavy atom. The molecule has 0 N–H and O–H groups in total. The molecule has 0 saturated heterocycles.